The summed E-state index contributed by atoms with van der Waals surface area (Å²) in [5.74, 6) is -2.04. The number of anilines is 1. The maximum Gasteiger partial charge on any atom is 0.254 e. The minimum atomic E-state index is -0.923. The quantitative estimate of drug-likeness (QED) is 0.883. The monoisotopic (exact) mass is 290 g/mol. The molecule has 21 heavy (non-hydrogen) atoms. The van der Waals surface area contributed by atoms with E-state index in [2.05, 4.69) is 0 Å². The third kappa shape index (κ3) is 3.37. The average molecular weight is 290 g/mol. The molecule has 1 amide bonds. The lowest BCUT2D eigenvalue weighted by atomic mass is 10.1. The lowest BCUT2D eigenvalue weighted by Gasteiger charge is -2.19. The molecule has 2 N–H and O–H groups in total. The first kappa shape index (κ1) is 15.0. The molecular formula is C16H16F2N2O. The predicted octanol–water partition coefficient (Wildman–Crippen LogP) is 3.13. The second kappa shape index (κ2) is 5.91. The minimum Gasteiger partial charge on any atom is -0.399 e. The van der Waals surface area contributed by atoms with Gasteiger partial charge in [0.25, 0.3) is 5.91 Å². The number of rotatable bonds is 3. The van der Waals surface area contributed by atoms with Gasteiger partial charge in [0.15, 0.2) is 11.6 Å². The molecule has 0 bridgehead atoms. The van der Waals surface area contributed by atoms with Crippen molar-refractivity contribution in [3.05, 3.63) is 64.7 Å². The third-order valence-electron chi connectivity index (χ3n) is 3.24. The molecule has 2 aromatic rings. The number of benzene rings is 2. The van der Waals surface area contributed by atoms with Gasteiger partial charge in [0, 0.05) is 24.8 Å². The summed E-state index contributed by atoms with van der Waals surface area (Å²) in [6.07, 6.45) is 0. The summed E-state index contributed by atoms with van der Waals surface area (Å²) in [5, 5.41) is 0. The summed E-state index contributed by atoms with van der Waals surface area (Å²) < 4.78 is 26.1. The van der Waals surface area contributed by atoms with Crippen LogP contribution in [0.5, 0.6) is 0 Å². The Hall–Kier alpha value is -2.43. The summed E-state index contributed by atoms with van der Waals surface area (Å²) in [7, 11) is 1.60. The predicted molar refractivity (Wildman–Crippen MR) is 77.7 cm³/mol. The highest BCUT2D eigenvalue weighted by Gasteiger charge is 2.15. The topological polar surface area (TPSA) is 46.3 Å². The van der Waals surface area contributed by atoms with E-state index in [4.69, 9.17) is 5.73 Å². The van der Waals surface area contributed by atoms with Crippen molar-refractivity contribution in [1.82, 2.24) is 4.90 Å². The Balaban J connectivity index is 2.19. The number of nitrogens with zero attached hydrogens (tertiary/aromatic N) is 1. The highest BCUT2D eigenvalue weighted by molar-refractivity contribution is 5.96. The Labute approximate surface area is 122 Å². The normalized spacial score (nSPS) is 10.5. The van der Waals surface area contributed by atoms with E-state index >= 15 is 0 Å². The molecule has 0 aliphatic heterocycles. The maximum atomic E-state index is 13.2. The van der Waals surface area contributed by atoms with Crippen LogP contribution in [-0.2, 0) is 6.54 Å². The molecule has 0 unspecified atom stereocenters. The van der Waals surface area contributed by atoms with Gasteiger partial charge >= 0.3 is 0 Å². The second-order valence-electron chi connectivity index (χ2n) is 4.98. The molecule has 0 spiro atoms. The molecule has 0 saturated carbocycles. The van der Waals surface area contributed by atoms with Gasteiger partial charge in [0.2, 0.25) is 0 Å². The van der Waals surface area contributed by atoms with E-state index in [1.807, 2.05) is 6.92 Å². The molecule has 0 atom stereocenters. The van der Waals surface area contributed by atoms with Crippen molar-refractivity contribution in [3.8, 4) is 0 Å². The van der Waals surface area contributed by atoms with Gasteiger partial charge in [0.1, 0.15) is 0 Å². The van der Waals surface area contributed by atoms with Crippen LogP contribution in [0.3, 0.4) is 0 Å². The largest absolute Gasteiger partial charge is 0.399 e. The molecule has 0 saturated heterocycles. The summed E-state index contributed by atoms with van der Waals surface area (Å²) in [6, 6.07) is 8.70. The first-order chi connectivity index (χ1) is 9.88. The molecule has 3 nitrogen and oxygen atoms in total. The number of hydrogen-bond donors (Lipinski definition) is 1. The van der Waals surface area contributed by atoms with E-state index < -0.39 is 11.6 Å². The number of aryl methyl sites for hydroxylation is 1. The first-order valence-electron chi connectivity index (χ1n) is 6.44. The number of hydrogen-bond acceptors (Lipinski definition) is 2. The van der Waals surface area contributed by atoms with E-state index in [1.54, 1.807) is 25.2 Å². The fourth-order valence-electron chi connectivity index (χ4n) is 2.06. The maximum absolute atomic E-state index is 13.2. The fraction of sp³-hybridized carbons (Fsp3) is 0.188. The van der Waals surface area contributed by atoms with Crippen LogP contribution in [0.25, 0.3) is 0 Å². The molecule has 0 aliphatic rings. The van der Waals surface area contributed by atoms with Crippen molar-refractivity contribution < 1.29 is 13.6 Å². The molecule has 0 heterocycles. The molecule has 0 radical (unpaired) electrons. The highest BCUT2D eigenvalue weighted by atomic mass is 19.2. The summed E-state index contributed by atoms with van der Waals surface area (Å²) >= 11 is 0. The third-order valence-corrected chi connectivity index (χ3v) is 3.24. The van der Waals surface area contributed by atoms with Gasteiger partial charge in [0.05, 0.1) is 0 Å². The fourth-order valence-corrected chi connectivity index (χ4v) is 2.06. The molecule has 0 fully saturated rings. The van der Waals surface area contributed by atoms with Crippen LogP contribution in [0.1, 0.15) is 21.5 Å². The molecule has 2 rings (SSSR count). The van der Waals surface area contributed by atoms with Crippen molar-refractivity contribution in [2.45, 2.75) is 13.5 Å². The minimum absolute atomic E-state index is 0.185. The molecule has 2 aromatic carbocycles. The van der Waals surface area contributed by atoms with Crippen LogP contribution < -0.4 is 5.73 Å². The van der Waals surface area contributed by atoms with Crippen molar-refractivity contribution >= 4 is 11.6 Å². The number of nitrogen functional groups attached to an aromatic ring is 1. The standard InChI is InChI=1S/C16H16F2N2O/c1-10-3-5-12(19)8-13(10)16(21)20(2)9-11-4-6-14(17)15(18)7-11/h3-8H,9,19H2,1-2H3. The molecule has 110 valence electrons. The molecule has 0 aliphatic carbocycles. The lowest BCUT2D eigenvalue weighted by Crippen LogP contribution is -2.27. The number of carbonyl (C=O) groups is 1. The second-order valence-corrected chi connectivity index (χ2v) is 4.98. The molecule has 0 aromatic heterocycles. The van der Waals surface area contributed by atoms with E-state index in [0.29, 0.717) is 16.8 Å². The van der Waals surface area contributed by atoms with Crippen molar-refractivity contribution in [3.63, 3.8) is 0 Å². The van der Waals surface area contributed by atoms with Crippen LogP contribution in [0.4, 0.5) is 14.5 Å². The molecule has 5 heteroatoms. The van der Waals surface area contributed by atoms with Gasteiger partial charge in [-0.3, -0.25) is 4.79 Å². The SMILES string of the molecule is Cc1ccc(N)cc1C(=O)N(C)Cc1ccc(F)c(F)c1. The van der Waals surface area contributed by atoms with Crippen molar-refractivity contribution in [1.29, 1.82) is 0 Å². The number of amides is 1. The number of halogens is 2. The van der Waals surface area contributed by atoms with Gasteiger partial charge < -0.3 is 10.6 Å². The van der Waals surface area contributed by atoms with Gasteiger partial charge in [-0.2, -0.15) is 0 Å². The van der Waals surface area contributed by atoms with Crippen LogP contribution in [0.15, 0.2) is 36.4 Å². The number of nitrogens with two attached hydrogens (primary N) is 1. The smallest absolute Gasteiger partial charge is 0.254 e. The Morgan fingerprint density at radius 1 is 1.14 bits per heavy atom. The van der Waals surface area contributed by atoms with Crippen LogP contribution >= 0.6 is 0 Å². The zero-order chi connectivity index (χ0) is 15.6. The van der Waals surface area contributed by atoms with Crippen LogP contribution in [0.2, 0.25) is 0 Å². The lowest BCUT2D eigenvalue weighted by molar-refractivity contribution is 0.0784. The summed E-state index contributed by atoms with van der Waals surface area (Å²) in [4.78, 5) is 13.8. The van der Waals surface area contributed by atoms with Crippen LogP contribution in [-0.4, -0.2) is 17.9 Å². The van der Waals surface area contributed by atoms with Gasteiger partial charge in [-0.15, -0.1) is 0 Å². The zero-order valence-electron chi connectivity index (χ0n) is 11.9. The van der Waals surface area contributed by atoms with Gasteiger partial charge in [-0.05, 0) is 42.3 Å². The van der Waals surface area contributed by atoms with Gasteiger partial charge in [-0.25, -0.2) is 8.78 Å². The van der Waals surface area contributed by atoms with Crippen LogP contribution in [0, 0.1) is 18.6 Å². The van der Waals surface area contributed by atoms with E-state index in [1.165, 1.54) is 11.0 Å². The molecular weight excluding hydrogens is 274 g/mol. The van der Waals surface area contributed by atoms with E-state index in [0.717, 1.165) is 17.7 Å². The highest BCUT2D eigenvalue weighted by Crippen LogP contribution is 2.16. The van der Waals surface area contributed by atoms with E-state index in [9.17, 15) is 13.6 Å². The zero-order valence-corrected chi connectivity index (χ0v) is 11.9. The van der Waals surface area contributed by atoms with Crippen molar-refractivity contribution in [2.75, 3.05) is 12.8 Å². The Bertz CT molecular complexity index is 686. The average Bonchev–Trinajstić information content (AvgIpc) is 2.44. The van der Waals surface area contributed by atoms with E-state index in [-0.39, 0.29) is 12.5 Å². The summed E-state index contributed by atoms with van der Waals surface area (Å²) in [5.41, 5.74) is 8.03. The van der Waals surface area contributed by atoms with Crippen molar-refractivity contribution in [2.24, 2.45) is 0 Å². The number of carbonyl (C=O) groups excluding carboxylic acids is 1. The first-order valence-corrected chi connectivity index (χ1v) is 6.44. The Morgan fingerprint density at radius 2 is 1.86 bits per heavy atom. The summed E-state index contributed by atoms with van der Waals surface area (Å²) in [6.45, 7) is 2.00. The van der Waals surface area contributed by atoms with Gasteiger partial charge in [-0.1, -0.05) is 12.1 Å². The Kier molecular flexibility index (Phi) is 4.21. The Morgan fingerprint density at radius 3 is 2.52 bits per heavy atom.